The summed E-state index contributed by atoms with van der Waals surface area (Å²) in [5, 5.41) is 12.5. The maximum Gasteiger partial charge on any atom is 0.328 e. The van der Waals surface area contributed by atoms with Gasteiger partial charge in [0.05, 0.1) is 19.1 Å². The first-order valence-corrected chi connectivity index (χ1v) is 8.92. The first-order chi connectivity index (χ1) is 11.1. The van der Waals surface area contributed by atoms with Crippen LogP contribution in [0.4, 0.5) is 0 Å². The van der Waals surface area contributed by atoms with E-state index in [0.717, 1.165) is 19.3 Å². The highest BCUT2D eigenvalue weighted by Gasteiger charge is 2.28. The second kappa shape index (κ2) is 12.1. The Bertz CT molecular complexity index is 381. The molecule has 0 spiro atoms. The number of hydrogen-bond acceptors (Lipinski definition) is 4. The Balaban J connectivity index is 2.01. The quantitative estimate of drug-likeness (QED) is 0.329. The van der Waals surface area contributed by atoms with Gasteiger partial charge < -0.3 is 15.2 Å². The average molecular weight is 325 g/mol. The van der Waals surface area contributed by atoms with Crippen LogP contribution in [0.25, 0.3) is 0 Å². The minimum atomic E-state index is -0.648. The highest BCUT2D eigenvalue weighted by atomic mass is 16.5. The van der Waals surface area contributed by atoms with Gasteiger partial charge in [0.1, 0.15) is 6.04 Å². The largest absolute Gasteiger partial charge is 0.464 e. The number of esters is 1. The topological polar surface area (TPSA) is 75.6 Å². The zero-order valence-electron chi connectivity index (χ0n) is 14.3. The molecule has 1 aliphatic heterocycles. The molecule has 5 heteroatoms. The number of nitrogens with one attached hydrogen (secondary N) is 1. The van der Waals surface area contributed by atoms with Crippen molar-refractivity contribution in [3.05, 3.63) is 12.2 Å². The smallest absolute Gasteiger partial charge is 0.328 e. The van der Waals surface area contributed by atoms with E-state index in [4.69, 9.17) is 4.74 Å². The molecule has 1 aliphatic rings. The van der Waals surface area contributed by atoms with E-state index in [1.807, 2.05) is 0 Å². The molecule has 132 valence electrons. The monoisotopic (exact) mass is 325 g/mol. The fourth-order valence-corrected chi connectivity index (χ4v) is 2.59. The zero-order chi connectivity index (χ0) is 16.9. The predicted molar refractivity (Wildman–Crippen MR) is 89.9 cm³/mol. The predicted octanol–water partition coefficient (Wildman–Crippen LogP) is 2.87. The standard InChI is InChI=1S/C18H31NO4/c1-2-3-4-5-6-7-8-9-10-11-15(20)14-17(21)19-16-12-13-23-18(16)22/h7-8,15-16,20H,2-6,9-14H2,1H3,(H,19,21)/b8-7-/t15?,16-/m0/s1. The number of carbonyl (C=O) groups is 2. The van der Waals surface area contributed by atoms with Gasteiger partial charge in [-0.25, -0.2) is 4.79 Å². The van der Waals surface area contributed by atoms with E-state index < -0.39 is 12.1 Å². The van der Waals surface area contributed by atoms with Gasteiger partial charge in [-0.15, -0.1) is 0 Å². The Morgan fingerprint density at radius 1 is 1.30 bits per heavy atom. The van der Waals surface area contributed by atoms with Crippen LogP contribution in [0.3, 0.4) is 0 Å². The molecule has 1 saturated heterocycles. The Kier molecular flexibility index (Phi) is 10.4. The summed E-state index contributed by atoms with van der Waals surface area (Å²) in [6.07, 6.45) is 12.9. The third-order valence-corrected chi connectivity index (χ3v) is 3.99. The number of ether oxygens (including phenoxy) is 1. The highest BCUT2D eigenvalue weighted by Crippen LogP contribution is 2.09. The van der Waals surface area contributed by atoms with Gasteiger partial charge in [-0.3, -0.25) is 4.79 Å². The molecular weight excluding hydrogens is 294 g/mol. The number of carbonyl (C=O) groups excluding carboxylic acids is 2. The summed E-state index contributed by atoms with van der Waals surface area (Å²) in [6.45, 7) is 2.57. The molecule has 0 aromatic heterocycles. The van der Waals surface area contributed by atoms with Crippen LogP contribution in [0.1, 0.15) is 71.1 Å². The summed E-state index contributed by atoms with van der Waals surface area (Å²) < 4.78 is 4.78. The van der Waals surface area contributed by atoms with Crippen LogP contribution in [-0.4, -0.2) is 35.7 Å². The van der Waals surface area contributed by atoms with Crippen molar-refractivity contribution < 1.29 is 19.4 Å². The van der Waals surface area contributed by atoms with Gasteiger partial charge in [0.2, 0.25) is 5.91 Å². The number of hydrogen-bond donors (Lipinski definition) is 2. The number of allylic oxidation sites excluding steroid dienone is 2. The number of aliphatic hydroxyl groups is 1. The lowest BCUT2D eigenvalue weighted by Crippen LogP contribution is -2.39. The molecule has 0 saturated carbocycles. The number of cyclic esters (lactones) is 1. The van der Waals surface area contributed by atoms with Crippen LogP contribution in [0.2, 0.25) is 0 Å². The first kappa shape index (κ1) is 19.7. The third kappa shape index (κ3) is 9.39. The Labute approximate surface area is 139 Å². The summed E-state index contributed by atoms with van der Waals surface area (Å²) in [5.74, 6) is -0.662. The highest BCUT2D eigenvalue weighted by molar-refractivity contribution is 5.85. The Morgan fingerprint density at radius 3 is 2.70 bits per heavy atom. The lowest BCUT2D eigenvalue weighted by atomic mass is 10.1. The Morgan fingerprint density at radius 2 is 2.04 bits per heavy atom. The van der Waals surface area contributed by atoms with E-state index in [0.29, 0.717) is 19.4 Å². The van der Waals surface area contributed by atoms with Crippen molar-refractivity contribution in [1.29, 1.82) is 0 Å². The molecule has 5 nitrogen and oxygen atoms in total. The lowest BCUT2D eigenvalue weighted by molar-refractivity contribution is -0.141. The zero-order valence-corrected chi connectivity index (χ0v) is 14.3. The molecule has 2 N–H and O–H groups in total. The minimum Gasteiger partial charge on any atom is -0.464 e. The third-order valence-electron chi connectivity index (χ3n) is 3.99. The van der Waals surface area contributed by atoms with Crippen LogP contribution in [0, 0.1) is 0 Å². The minimum absolute atomic E-state index is 0.0461. The molecule has 1 fully saturated rings. The molecule has 1 heterocycles. The summed E-state index contributed by atoms with van der Waals surface area (Å²) in [6, 6.07) is -0.537. The van der Waals surface area contributed by atoms with Gasteiger partial charge in [-0.1, -0.05) is 38.3 Å². The van der Waals surface area contributed by atoms with Crippen molar-refractivity contribution in [3.8, 4) is 0 Å². The van der Waals surface area contributed by atoms with Crippen molar-refractivity contribution in [1.82, 2.24) is 5.32 Å². The van der Waals surface area contributed by atoms with E-state index in [2.05, 4.69) is 24.4 Å². The molecular formula is C18H31NO4. The second-order valence-corrected chi connectivity index (χ2v) is 6.19. The van der Waals surface area contributed by atoms with Crippen LogP contribution in [-0.2, 0) is 14.3 Å². The average Bonchev–Trinajstić information content (AvgIpc) is 2.90. The van der Waals surface area contributed by atoms with E-state index in [1.165, 1.54) is 25.7 Å². The Hall–Kier alpha value is -1.36. The van der Waals surface area contributed by atoms with Crippen molar-refractivity contribution >= 4 is 11.9 Å². The van der Waals surface area contributed by atoms with E-state index in [-0.39, 0.29) is 18.3 Å². The van der Waals surface area contributed by atoms with Gasteiger partial charge in [-0.05, 0) is 32.1 Å². The van der Waals surface area contributed by atoms with Crippen molar-refractivity contribution in [2.75, 3.05) is 6.61 Å². The molecule has 0 radical (unpaired) electrons. The molecule has 1 rings (SSSR count). The molecule has 2 atom stereocenters. The van der Waals surface area contributed by atoms with Crippen LogP contribution < -0.4 is 5.32 Å². The SMILES string of the molecule is CCCCCC/C=C\CCCC(O)CC(=O)N[C@H]1CCOC1=O. The number of rotatable bonds is 12. The van der Waals surface area contributed by atoms with E-state index in [9.17, 15) is 14.7 Å². The van der Waals surface area contributed by atoms with Crippen molar-refractivity contribution in [2.24, 2.45) is 0 Å². The summed E-state index contributed by atoms with van der Waals surface area (Å²) in [5.41, 5.74) is 0. The van der Waals surface area contributed by atoms with Crippen LogP contribution >= 0.6 is 0 Å². The van der Waals surface area contributed by atoms with Crippen LogP contribution in [0.5, 0.6) is 0 Å². The summed E-state index contributed by atoms with van der Waals surface area (Å²) in [4.78, 5) is 23.0. The molecule has 0 bridgehead atoms. The fraction of sp³-hybridized carbons (Fsp3) is 0.778. The van der Waals surface area contributed by atoms with Gasteiger partial charge in [0, 0.05) is 6.42 Å². The molecule has 1 unspecified atom stereocenters. The fourth-order valence-electron chi connectivity index (χ4n) is 2.59. The lowest BCUT2D eigenvalue weighted by Gasteiger charge is -2.12. The molecule has 1 amide bonds. The molecule has 0 aromatic rings. The number of aliphatic hydroxyl groups excluding tert-OH is 1. The van der Waals surface area contributed by atoms with Crippen molar-refractivity contribution in [2.45, 2.75) is 83.3 Å². The van der Waals surface area contributed by atoms with E-state index in [1.54, 1.807) is 0 Å². The maximum atomic E-state index is 11.7. The van der Waals surface area contributed by atoms with Gasteiger partial charge in [0.15, 0.2) is 0 Å². The molecule has 0 aromatic carbocycles. The van der Waals surface area contributed by atoms with Gasteiger partial charge in [0.25, 0.3) is 0 Å². The number of amides is 1. The van der Waals surface area contributed by atoms with E-state index >= 15 is 0 Å². The second-order valence-electron chi connectivity index (χ2n) is 6.19. The van der Waals surface area contributed by atoms with Gasteiger partial charge >= 0.3 is 5.97 Å². The normalized spacial score (nSPS) is 19.0. The van der Waals surface area contributed by atoms with Gasteiger partial charge in [-0.2, -0.15) is 0 Å². The summed E-state index contributed by atoms with van der Waals surface area (Å²) in [7, 11) is 0. The van der Waals surface area contributed by atoms with Crippen molar-refractivity contribution in [3.63, 3.8) is 0 Å². The summed E-state index contributed by atoms with van der Waals surface area (Å²) >= 11 is 0. The molecule has 23 heavy (non-hydrogen) atoms. The first-order valence-electron chi connectivity index (χ1n) is 8.92. The maximum absolute atomic E-state index is 11.7. The number of unbranched alkanes of at least 4 members (excludes halogenated alkanes) is 5. The van der Waals surface area contributed by atoms with Crippen LogP contribution in [0.15, 0.2) is 12.2 Å². The molecule has 0 aliphatic carbocycles.